The molecule has 0 spiro atoms. The Labute approximate surface area is 168 Å². The summed E-state index contributed by atoms with van der Waals surface area (Å²) in [6.45, 7) is 1.89. The largest absolute Gasteiger partial charge is 0.469 e. The second-order valence-electron chi connectivity index (χ2n) is 7.20. The van der Waals surface area contributed by atoms with Crippen LogP contribution in [0.25, 0.3) is 0 Å². The second-order valence-corrected chi connectivity index (χ2v) is 7.20. The van der Waals surface area contributed by atoms with Crippen molar-refractivity contribution in [3.8, 4) is 0 Å². The van der Waals surface area contributed by atoms with E-state index in [2.05, 4.69) is 9.97 Å². The quantitative estimate of drug-likeness (QED) is 0.398. The first-order valence-corrected chi connectivity index (χ1v) is 9.61. The zero-order valence-corrected chi connectivity index (χ0v) is 16.6. The van der Waals surface area contributed by atoms with Crippen LogP contribution in [0.1, 0.15) is 25.7 Å². The molecule has 3 heterocycles. The standard InChI is InChI=1S/C18H25N5O6/c1-28-17(24)12-3-7-21(8-4-12)15-14(23(26)27)16(20-11-19-15)22-9-5-13(6-10-22)18(25)29-2/h11-13H,3-10H2,1-2H3. The van der Waals surface area contributed by atoms with Gasteiger partial charge >= 0.3 is 17.6 Å². The van der Waals surface area contributed by atoms with Crippen molar-refractivity contribution in [2.24, 2.45) is 11.8 Å². The number of piperidine rings is 2. The summed E-state index contributed by atoms with van der Waals surface area (Å²) in [7, 11) is 2.72. The van der Waals surface area contributed by atoms with E-state index >= 15 is 0 Å². The molecule has 0 N–H and O–H groups in total. The number of methoxy groups -OCH3 is 2. The molecule has 0 bridgehead atoms. The maximum atomic E-state index is 11.9. The van der Waals surface area contributed by atoms with Crippen LogP contribution in [0.15, 0.2) is 6.33 Å². The molecule has 2 saturated heterocycles. The van der Waals surface area contributed by atoms with Crippen LogP contribution in [0.4, 0.5) is 17.3 Å². The van der Waals surface area contributed by atoms with Gasteiger partial charge in [-0.1, -0.05) is 0 Å². The van der Waals surface area contributed by atoms with Gasteiger partial charge in [0.2, 0.25) is 11.6 Å². The van der Waals surface area contributed by atoms with Crippen LogP contribution in [0.5, 0.6) is 0 Å². The van der Waals surface area contributed by atoms with Gasteiger partial charge in [-0.25, -0.2) is 9.97 Å². The highest BCUT2D eigenvalue weighted by molar-refractivity contribution is 5.75. The van der Waals surface area contributed by atoms with E-state index < -0.39 is 4.92 Å². The molecule has 1 aromatic heterocycles. The summed E-state index contributed by atoms with van der Waals surface area (Å²) < 4.78 is 9.59. The van der Waals surface area contributed by atoms with Crippen molar-refractivity contribution in [1.82, 2.24) is 9.97 Å². The third kappa shape index (κ3) is 4.38. The van der Waals surface area contributed by atoms with Crippen LogP contribution in [0, 0.1) is 22.0 Å². The zero-order valence-electron chi connectivity index (χ0n) is 16.6. The maximum Gasteiger partial charge on any atom is 0.353 e. The lowest BCUT2D eigenvalue weighted by Gasteiger charge is -2.33. The predicted molar refractivity (Wildman–Crippen MR) is 103 cm³/mol. The van der Waals surface area contributed by atoms with Gasteiger partial charge in [0, 0.05) is 26.2 Å². The highest BCUT2D eigenvalue weighted by Gasteiger charge is 2.35. The predicted octanol–water partition coefficient (Wildman–Crippen LogP) is 1.16. The molecule has 0 aromatic carbocycles. The van der Waals surface area contributed by atoms with E-state index in [9.17, 15) is 19.7 Å². The van der Waals surface area contributed by atoms with Crippen molar-refractivity contribution < 1.29 is 24.0 Å². The molecule has 158 valence electrons. The lowest BCUT2D eigenvalue weighted by Crippen LogP contribution is -2.39. The molecule has 0 amide bonds. The summed E-state index contributed by atoms with van der Waals surface area (Å²) in [5.41, 5.74) is -0.138. The van der Waals surface area contributed by atoms with Gasteiger partial charge in [0.15, 0.2) is 0 Å². The van der Waals surface area contributed by atoms with Gasteiger partial charge in [-0.2, -0.15) is 0 Å². The molecular weight excluding hydrogens is 382 g/mol. The molecule has 11 heteroatoms. The van der Waals surface area contributed by atoms with Gasteiger partial charge < -0.3 is 19.3 Å². The van der Waals surface area contributed by atoms with Crippen molar-refractivity contribution >= 4 is 29.3 Å². The Balaban J connectivity index is 1.78. The lowest BCUT2D eigenvalue weighted by molar-refractivity contribution is -0.383. The Morgan fingerprint density at radius 1 is 0.931 bits per heavy atom. The average molecular weight is 407 g/mol. The van der Waals surface area contributed by atoms with Crippen molar-refractivity contribution in [1.29, 1.82) is 0 Å². The Bertz CT molecular complexity index is 718. The van der Waals surface area contributed by atoms with Gasteiger partial charge in [0.25, 0.3) is 0 Å². The maximum absolute atomic E-state index is 11.9. The van der Waals surface area contributed by atoms with Gasteiger partial charge in [0.1, 0.15) is 6.33 Å². The summed E-state index contributed by atoms with van der Waals surface area (Å²) >= 11 is 0. The summed E-state index contributed by atoms with van der Waals surface area (Å²) in [6.07, 6.45) is 3.53. The van der Waals surface area contributed by atoms with Crippen molar-refractivity contribution in [2.75, 3.05) is 50.2 Å². The first-order chi connectivity index (χ1) is 14.0. The Morgan fingerprint density at radius 2 is 1.31 bits per heavy atom. The number of nitrogens with zero attached hydrogens (tertiary/aromatic N) is 5. The molecule has 29 heavy (non-hydrogen) atoms. The molecule has 0 saturated carbocycles. The highest BCUT2D eigenvalue weighted by atomic mass is 16.6. The Morgan fingerprint density at radius 3 is 1.62 bits per heavy atom. The molecule has 0 unspecified atom stereocenters. The molecule has 2 aliphatic heterocycles. The monoisotopic (exact) mass is 407 g/mol. The van der Waals surface area contributed by atoms with Crippen molar-refractivity contribution in [3.05, 3.63) is 16.4 Å². The van der Waals surface area contributed by atoms with Crippen LogP contribution >= 0.6 is 0 Å². The lowest BCUT2D eigenvalue weighted by atomic mass is 9.96. The number of ether oxygens (including phenoxy) is 2. The number of esters is 2. The number of aromatic nitrogens is 2. The average Bonchev–Trinajstić information content (AvgIpc) is 2.77. The fraction of sp³-hybridized carbons (Fsp3) is 0.667. The summed E-state index contributed by atoms with van der Waals surface area (Å²) in [5, 5.41) is 11.9. The van der Waals surface area contributed by atoms with E-state index in [4.69, 9.17) is 9.47 Å². The smallest absolute Gasteiger partial charge is 0.353 e. The zero-order chi connectivity index (χ0) is 21.0. The molecule has 3 rings (SSSR count). The number of rotatable bonds is 5. The van der Waals surface area contributed by atoms with E-state index in [1.807, 2.05) is 9.80 Å². The third-order valence-corrected chi connectivity index (χ3v) is 5.62. The summed E-state index contributed by atoms with van der Waals surface area (Å²) in [4.78, 5) is 46.9. The SMILES string of the molecule is COC(=O)C1CCN(c2ncnc(N3CCC(C(=O)OC)CC3)c2[N+](=O)[O-])CC1. The summed E-state index contributed by atoms with van der Waals surface area (Å²) in [6, 6.07) is 0. The third-order valence-electron chi connectivity index (χ3n) is 5.62. The summed E-state index contributed by atoms with van der Waals surface area (Å²) in [5.74, 6) is -0.383. The first-order valence-electron chi connectivity index (χ1n) is 9.61. The molecule has 11 nitrogen and oxygen atoms in total. The topological polar surface area (TPSA) is 128 Å². The fourth-order valence-electron chi connectivity index (χ4n) is 3.97. The van der Waals surface area contributed by atoms with Gasteiger partial charge in [-0.3, -0.25) is 19.7 Å². The number of hydrogen-bond donors (Lipinski definition) is 0. The minimum atomic E-state index is -0.455. The number of hydrogen-bond acceptors (Lipinski definition) is 10. The molecule has 2 fully saturated rings. The molecule has 2 aliphatic rings. The molecule has 0 radical (unpaired) electrons. The first kappa shape index (κ1) is 20.7. The van der Waals surface area contributed by atoms with Crippen molar-refractivity contribution in [2.45, 2.75) is 25.7 Å². The van der Waals surface area contributed by atoms with Crippen LogP contribution < -0.4 is 9.80 Å². The van der Waals surface area contributed by atoms with Gasteiger partial charge in [-0.05, 0) is 25.7 Å². The van der Waals surface area contributed by atoms with E-state index in [0.717, 1.165) is 0 Å². The van der Waals surface area contributed by atoms with Crippen molar-refractivity contribution in [3.63, 3.8) is 0 Å². The van der Waals surface area contributed by atoms with Crippen LogP contribution in [-0.2, 0) is 19.1 Å². The Hall–Kier alpha value is -2.98. The van der Waals surface area contributed by atoms with Gasteiger partial charge in [0.05, 0.1) is 31.0 Å². The molecule has 0 aliphatic carbocycles. The van der Waals surface area contributed by atoms with Gasteiger partial charge in [-0.15, -0.1) is 0 Å². The van der Waals surface area contributed by atoms with Crippen LogP contribution in [0.2, 0.25) is 0 Å². The number of carbonyl (C=O) groups excluding carboxylic acids is 2. The molecule has 1 aromatic rings. The molecule has 0 atom stereocenters. The minimum absolute atomic E-state index is 0.138. The number of nitro groups is 1. The van der Waals surface area contributed by atoms with Crippen LogP contribution in [0.3, 0.4) is 0 Å². The van der Waals surface area contributed by atoms with E-state index in [1.54, 1.807) is 0 Å². The van der Waals surface area contributed by atoms with E-state index in [-0.39, 0.29) is 41.1 Å². The Kier molecular flexibility index (Phi) is 6.45. The number of anilines is 2. The number of carbonyl (C=O) groups is 2. The second kappa shape index (κ2) is 9.01. The normalized spacial score (nSPS) is 18.4. The molecular formula is C18H25N5O6. The van der Waals surface area contributed by atoms with E-state index in [0.29, 0.717) is 51.9 Å². The van der Waals surface area contributed by atoms with Crippen LogP contribution in [-0.4, -0.2) is 67.2 Å². The minimum Gasteiger partial charge on any atom is -0.469 e. The highest BCUT2D eigenvalue weighted by Crippen LogP contribution is 2.37. The fourth-order valence-corrected chi connectivity index (χ4v) is 3.97. The van der Waals surface area contributed by atoms with E-state index in [1.165, 1.54) is 20.5 Å².